The molecule has 0 radical (unpaired) electrons. The summed E-state index contributed by atoms with van der Waals surface area (Å²) in [6.07, 6.45) is 3.34. The lowest BCUT2D eigenvalue weighted by Crippen LogP contribution is -2.46. The number of methoxy groups -OCH3 is 1. The van der Waals surface area contributed by atoms with Crippen LogP contribution >= 0.6 is 11.3 Å². The van der Waals surface area contributed by atoms with Crippen LogP contribution in [-0.2, 0) is 11.3 Å². The molecule has 2 atom stereocenters. The molecule has 1 aliphatic rings. The number of carbonyl (C=O) groups excluding carboxylic acids is 1. The zero-order valence-electron chi connectivity index (χ0n) is 11.5. The maximum absolute atomic E-state index is 11.7. The van der Waals surface area contributed by atoms with Crippen molar-refractivity contribution in [2.75, 3.05) is 13.7 Å². The predicted molar refractivity (Wildman–Crippen MR) is 75.4 cm³/mol. The van der Waals surface area contributed by atoms with Crippen molar-refractivity contribution in [3.63, 3.8) is 0 Å². The molecular formula is C14H21NO3S. The van der Waals surface area contributed by atoms with Gasteiger partial charge in [-0.2, -0.15) is 0 Å². The number of carbonyl (C=O) groups is 1. The highest BCUT2D eigenvalue weighted by Gasteiger charge is 2.28. The van der Waals surface area contributed by atoms with Gasteiger partial charge in [0, 0.05) is 18.6 Å². The molecule has 1 fully saturated rings. The third-order valence-corrected chi connectivity index (χ3v) is 4.81. The highest BCUT2D eigenvalue weighted by atomic mass is 32.1. The van der Waals surface area contributed by atoms with Gasteiger partial charge in [-0.05, 0) is 36.8 Å². The van der Waals surface area contributed by atoms with Crippen molar-refractivity contribution in [1.29, 1.82) is 0 Å². The van der Waals surface area contributed by atoms with Crippen LogP contribution in [0.4, 0.5) is 0 Å². The van der Waals surface area contributed by atoms with E-state index < -0.39 is 0 Å². The fourth-order valence-corrected chi connectivity index (χ4v) is 3.58. The monoisotopic (exact) mass is 283 g/mol. The third-order valence-electron chi connectivity index (χ3n) is 3.88. The van der Waals surface area contributed by atoms with Gasteiger partial charge in [-0.1, -0.05) is 6.42 Å². The molecule has 1 saturated heterocycles. The van der Waals surface area contributed by atoms with Crippen LogP contribution in [-0.4, -0.2) is 41.8 Å². The summed E-state index contributed by atoms with van der Waals surface area (Å²) in [5.74, 6) is -0.268. The molecule has 2 rings (SSSR count). The maximum atomic E-state index is 11.7. The maximum Gasteiger partial charge on any atom is 0.348 e. The largest absolute Gasteiger partial charge is 0.465 e. The van der Waals surface area contributed by atoms with E-state index in [1.165, 1.54) is 18.4 Å². The Kier molecular flexibility index (Phi) is 4.96. The highest BCUT2D eigenvalue weighted by molar-refractivity contribution is 7.12. The van der Waals surface area contributed by atoms with Crippen LogP contribution in [0.2, 0.25) is 0 Å². The lowest BCUT2D eigenvalue weighted by molar-refractivity contribution is 0.0442. The number of aliphatic hydroxyl groups is 1. The van der Waals surface area contributed by atoms with E-state index in [0.29, 0.717) is 17.5 Å². The van der Waals surface area contributed by atoms with E-state index in [9.17, 15) is 9.90 Å². The van der Waals surface area contributed by atoms with Crippen molar-refractivity contribution in [2.45, 2.75) is 44.8 Å². The molecule has 2 heterocycles. The van der Waals surface area contributed by atoms with Gasteiger partial charge in [-0.25, -0.2) is 4.79 Å². The summed E-state index contributed by atoms with van der Waals surface area (Å²) in [6, 6.07) is 2.62. The Labute approximate surface area is 118 Å². The summed E-state index contributed by atoms with van der Waals surface area (Å²) in [5.41, 5.74) is 1.00. The number of ether oxygens (including phenoxy) is 1. The summed E-state index contributed by atoms with van der Waals surface area (Å²) in [6.45, 7) is 3.08. The molecular weight excluding hydrogens is 262 g/mol. The van der Waals surface area contributed by atoms with Gasteiger partial charge in [0.1, 0.15) is 4.88 Å². The first kappa shape index (κ1) is 14.5. The van der Waals surface area contributed by atoms with E-state index in [4.69, 9.17) is 4.74 Å². The van der Waals surface area contributed by atoms with Crippen LogP contribution < -0.4 is 0 Å². The molecule has 0 amide bonds. The number of nitrogens with zero attached hydrogens (tertiary/aromatic N) is 1. The van der Waals surface area contributed by atoms with Crippen molar-refractivity contribution in [3.8, 4) is 0 Å². The van der Waals surface area contributed by atoms with Crippen LogP contribution in [0, 0.1) is 0 Å². The fourth-order valence-electron chi connectivity index (χ4n) is 2.75. The SMILES string of the molecule is COC(=O)c1sccc1CN1[C@H](CO)CCC[C@H]1C. The minimum Gasteiger partial charge on any atom is -0.465 e. The van der Waals surface area contributed by atoms with Crippen molar-refractivity contribution in [3.05, 3.63) is 21.9 Å². The summed E-state index contributed by atoms with van der Waals surface area (Å²) in [5, 5.41) is 11.4. The smallest absolute Gasteiger partial charge is 0.348 e. The summed E-state index contributed by atoms with van der Waals surface area (Å²) < 4.78 is 4.81. The van der Waals surface area contributed by atoms with Gasteiger partial charge in [0.05, 0.1) is 13.7 Å². The van der Waals surface area contributed by atoms with Gasteiger partial charge in [-0.15, -0.1) is 11.3 Å². The fraction of sp³-hybridized carbons (Fsp3) is 0.643. The highest BCUT2D eigenvalue weighted by Crippen LogP contribution is 2.27. The Morgan fingerprint density at radius 3 is 3.05 bits per heavy atom. The van der Waals surface area contributed by atoms with Crippen LogP contribution in [0.3, 0.4) is 0 Å². The number of thiophene rings is 1. The second kappa shape index (κ2) is 6.50. The Morgan fingerprint density at radius 1 is 1.58 bits per heavy atom. The molecule has 1 N–H and O–H groups in total. The zero-order valence-corrected chi connectivity index (χ0v) is 12.3. The molecule has 106 valence electrons. The normalized spacial score (nSPS) is 24.4. The lowest BCUT2D eigenvalue weighted by atomic mass is 9.96. The second-order valence-electron chi connectivity index (χ2n) is 5.06. The lowest BCUT2D eigenvalue weighted by Gasteiger charge is -2.39. The molecule has 4 nitrogen and oxygen atoms in total. The average Bonchev–Trinajstić information content (AvgIpc) is 2.88. The van der Waals surface area contributed by atoms with Gasteiger partial charge < -0.3 is 9.84 Å². The number of likely N-dealkylation sites (tertiary alicyclic amines) is 1. The van der Waals surface area contributed by atoms with Crippen LogP contribution in [0.25, 0.3) is 0 Å². The summed E-state index contributed by atoms with van der Waals surface area (Å²) in [4.78, 5) is 14.7. The first-order valence-corrected chi connectivity index (χ1v) is 7.56. The topological polar surface area (TPSA) is 49.8 Å². The van der Waals surface area contributed by atoms with E-state index in [1.54, 1.807) is 0 Å². The number of hydrogen-bond acceptors (Lipinski definition) is 5. The van der Waals surface area contributed by atoms with E-state index in [2.05, 4.69) is 11.8 Å². The second-order valence-corrected chi connectivity index (χ2v) is 5.97. The average molecular weight is 283 g/mol. The number of rotatable bonds is 4. The molecule has 5 heteroatoms. The molecule has 1 aliphatic heterocycles. The summed E-state index contributed by atoms with van der Waals surface area (Å²) >= 11 is 1.42. The van der Waals surface area contributed by atoms with Gasteiger partial charge in [-0.3, -0.25) is 4.90 Å². The van der Waals surface area contributed by atoms with Gasteiger partial charge in [0.15, 0.2) is 0 Å². The van der Waals surface area contributed by atoms with Crippen molar-refractivity contribution in [1.82, 2.24) is 4.90 Å². The third kappa shape index (κ3) is 3.16. The molecule has 0 unspecified atom stereocenters. The molecule has 1 aromatic rings. The Morgan fingerprint density at radius 2 is 2.37 bits per heavy atom. The number of piperidine rings is 1. The van der Waals surface area contributed by atoms with Crippen molar-refractivity contribution in [2.24, 2.45) is 0 Å². The first-order valence-electron chi connectivity index (χ1n) is 6.68. The van der Waals surface area contributed by atoms with Crippen molar-refractivity contribution < 1.29 is 14.6 Å². The molecule has 0 saturated carbocycles. The van der Waals surface area contributed by atoms with Gasteiger partial charge >= 0.3 is 5.97 Å². The van der Waals surface area contributed by atoms with Crippen LogP contribution in [0.15, 0.2) is 11.4 Å². The van der Waals surface area contributed by atoms with E-state index in [-0.39, 0.29) is 18.6 Å². The predicted octanol–water partition coefficient (Wildman–Crippen LogP) is 2.27. The molecule has 0 aromatic carbocycles. The quantitative estimate of drug-likeness (QED) is 0.861. The van der Waals surface area contributed by atoms with E-state index in [0.717, 1.165) is 24.8 Å². The van der Waals surface area contributed by atoms with E-state index in [1.807, 2.05) is 11.4 Å². The van der Waals surface area contributed by atoms with Gasteiger partial charge in [0.25, 0.3) is 0 Å². The summed E-state index contributed by atoms with van der Waals surface area (Å²) in [7, 11) is 1.41. The van der Waals surface area contributed by atoms with Crippen LogP contribution in [0.1, 0.15) is 41.4 Å². The molecule has 19 heavy (non-hydrogen) atoms. The van der Waals surface area contributed by atoms with Crippen molar-refractivity contribution >= 4 is 17.3 Å². The Bertz CT molecular complexity index is 432. The minimum atomic E-state index is -0.268. The Hall–Kier alpha value is -0.910. The molecule has 0 spiro atoms. The standard InChI is InChI=1S/C14H21NO3S/c1-10-4-3-5-12(9-16)15(10)8-11-6-7-19-13(11)14(17)18-2/h6-7,10,12,16H,3-5,8-9H2,1-2H3/t10-,12+/m1/s1. The molecule has 0 aliphatic carbocycles. The number of esters is 1. The minimum absolute atomic E-state index is 0.183. The number of aliphatic hydroxyl groups excluding tert-OH is 1. The zero-order chi connectivity index (χ0) is 13.8. The van der Waals surface area contributed by atoms with Gasteiger partial charge in [0.2, 0.25) is 0 Å². The van der Waals surface area contributed by atoms with E-state index >= 15 is 0 Å². The first-order chi connectivity index (χ1) is 9.17. The molecule has 1 aromatic heterocycles. The van der Waals surface area contributed by atoms with Crippen LogP contribution in [0.5, 0.6) is 0 Å². The molecule has 0 bridgehead atoms. The number of hydrogen-bond donors (Lipinski definition) is 1. The Balaban J connectivity index is 2.15.